The van der Waals surface area contributed by atoms with E-state index in [0.29, 0.717) is 23.2 Å². The van der Waals surface area contributed by atoms with Crippen molar-refractivity contribution in [2.24, 2.45) is 11.8 Å². The smallest absolute Gasteiger partial charge is 0.273 e. The molecule has 1 unspecified atom stereocenters. The lowest BCUT2D eigenvalue weighted by molar-refractivity contribution is -0.126. The molecule has 1 N–H and O–H groups in total. The summed E-state index contributed by atoms with van der Waals surface area (Å²) in [5.74, 6) is 1.30. The Kier molecular flexibility index (Phi) is 10.5. The van der Waals surface area contributed by atoms with Crippen molar-refractivity contribution in [3.05, 3.63) is 59.8 Å². The monoisotopic (exact) mass is 639 g/mol. The number of carbonyl (C=O) groups is 1. The van der Waals surface area contributed by atoms with Crippen LogP contribution in [0.2, 0.25) is 0 Å². The van der Waals surface area contributed by atoms with E-state index < -0.39 is 15.4 Å². The van der Waals surface area contributed by atoms with E-state index in [2.05, 4.69) is 29.4 Å². The minimum absolute atomic E-state index is 0.120. The molecular weight excluding hydrogens is 595 g/mol. The Labute approximate surface area is 266 Å². The first kappa shape index (κ1) is 32.3. The number of hydrogen-bond donors (Lipinski definition) is 1. The number of benzene rings is 2. The van der Waals surface area contributed by atoms with Crippen molar-refractivity contribution in [1.82, 2.24) is 10.3 Å². The van der Waals surface area contributed by atoms with Crippen LogP contribution in [0, 0.1) is 18.8 Å². The van der Waals surface area contributed by atoms with Crippen molar-refractivity contribution >= 4 is 33.0 Å². The summed E-state index contributed by atoms with van der Waals surface area (Å²) in [6.45, 7) is 2.07. The van der Waals surface area contributed by atoms with E-state index >= 15 is 0 Å². The number of rotatable bonds is 11. The number of hydrogen-bond acceptors (Lipinski definition) is 7. The molecule has 0 spiro atoms. The van der Waals surface area contributed by atoms with Crippen molar-refractivity contribution in [2.75, 3.05) is 25.6 Å². The summed E-state index contributed by atoms with van der Waals surface area (Å²) in [7, 11) is 0.943. The van der Waals surface area contributed by atoms with Gasteiger partial charge in [-0.15, -0.1) is 0 Å². The lowest BCUT2D eigenvalue weighted by Crippen LogP contribution is -2.50. The van der Waals surface area contributed by atoms with Crippen molar-refractivity contribution < 1.29 is 22.7 Å². The molecule has 1 amide bonds. The summed E-state index contributed by atoms with van der Waals surface area (Å²) in [4.78, 5) is 18.6. The van der Waals surface area contributed by atoms with E-state index in [0.717, 1.165) is 79.5 Å². The average Bonchev–Trinajstić information content (AvgIpc) is 3.54. The van der Waals surface area contributed by atoms with E-state index in [1.807, 2.05) is 24.3 Å². The number of methoxy groups -OCH3 is 2. The lowest BCUT2D eigenvalue weighted by Gasteiger charge is -2.34. The first-order valence-corrected chi connectivity index (χ1v) is 18.0. The number of amides is 1. The zero-order valence-electron chi connectivity index (χ0n) is 26.3. The Hall–Kier alpha value is -3.11. The van der Waals surface area contributed by atoms with Crippen LogP contribution in [0.15, 0.2) is 48.7 Å². The fraction of sp³-hybridized carbons (Fsp3) is 0.529. The minimum atomic E-state index is -3.91. The third-order valence-corrected chi connectivity index (χ3v) is 12.5. The molecule has 1 aromatic heterocycles. The van der Waals surface area contributed by atoms with Gasteiger partial charge in [0.2, 0.25) is 5.91 Å². The van der Waals surface area contributed by atoms with Crippen LogP contribution < -0.4 is 19.1 Å². The van der Waals surface area contributed by atoms with Crippen LogP contribution in [0.3, 0.4) is 0 Å². The number of aromatic nitrogens is 1. The highest BCUT2D eigenvalue weighted by molar-refractivity contribution is 7.93. The Balaban J connectivity index is 1.33. The second-order valence-corrected chi connectivity index (χ2v) is 15.4. The fourth-order valence-corrected chi connectivity index (χ4v) is 9.06. The Bertz CT molecular complexity index is 1530. The second kappa shape index (κ2) is 14.3. The van der Waals surface area contributed by atoms with Crippen molar-refractivity contribution in [3.8, 4) is 21.4 Å². The van der Waals surface area contributed by atoms with Gasteiger partial charge in [-0.2, -0.15) is 0 Å². The van der Waals surface area contributed by atoms with Crippen molar-refractivity contribution in [3.63, 3.8) is 0 Å². The quantitative estimate of drug-likeness (QED) is 0.237. The molecule has 44 heavy (non-hydrogen) atoms. The molecule has 0 aliphatic heterocycles. The standard InChI is InChI=1S/C34H45N3O5S2/c1-23-19-27(17-18-30(23)41-3)25-15-13-24(14-16-25)20-32(36-33(38)26-9-6-5-7-10-26)44(39,40)37(2)29-12-8-11-28(21-29)31-22-35-34(42-4)43-31/h8,11-12,17-19,21-22,24-26,32H,5-7,9-10,13-16,20H2,1-4H3,(H,36,38). The molecule has 2 aliphatic carbocycles. The van der Waals surface area contributed by atoms with Crippen molar-refractivity contribution in [2.45, 2.75) is 82.4 Å². The maximum atomic E-state index is 14.3. The minimum Gasteiger partial charge on any atom is -0.496 e. The first-order chi connectivity index (χ1) is 21.2. The summed E-state index contributed by atoms with van der Waals surface area (Å²) in [6, 6.07) is 13.8. The number of ether oxygens (including phenoxy) is 2. The van der Waals surface area contributed by atoms with Gasteiger partial charge in [0.25, 0.3) is 15.2 Å². The number of nitrogens with zero attached hydrogens (tertiary/aromatic N) is 2. The zero-order chi connectivity index (χ0) is 31.3. The largest absolute Gasteiger partial charge is 0.496 e. The summed E-state index contributed by atoms with van der Waals surface area (Å²) in [6.07, 6.45) is 10.8. The lowest BCUT2D eigenvalue weighted by atomic mass is 9.77. The van der Waals surface area contributed by atoms with Crippen LogP contribution >= 0.6 is 11.3 Å². The topological polar surface area (TPSA) is 97.8 Å². The third kappa shape index (κ3) is 7.40. The van der Waals surface area contributed by atoms with Gasteiger partial charge in [0.05, 0.1) is 24.8 Å². The Morgan fingerprint density at radius 1 is 1.02 bits per heavy atom. The maximum absolute atomic E-state index is 14.3. The van der Waals surface area contributed by atoms with E-state index in [-0.39, 0.29) is 17.7 Å². The summed E-state index contributed by atoms with van der Waals surface area (Å²) in [5, 5.41) is 2.60. The van der Waals surface area contributed by atoms with Crippen molar-refractivity contribution in [1.29, 1.82) is 0 Å². The molecule has 5 rings (SSSR count). The molecule has 2 fully saturated rings. The molecule has 238 valence electrons. The van der Waals surface area contributed by atoms with Gasteiger partial charge in [-0.1, -0.05) is 54.9 Å². The molecule has 2 aromatic carbocycles. The predicted molar refractivity (Wildman–Crippen MR) is 177 cm³/mol. The van der Waals surface area contributed by atoms with Crippen LogP contribution in [0.4, 0.5) is 5.69 Å². The molecule has 0 bridgehead atoms. The number of carbonyl (C=O) groups excluding carboxylic acids is 1. The highest BCUT2D eigenvalue weighted by Gasteiger charge is 2.37. The first-order valence-electron chi connectivity index (χ1n) is 15.7. The second-order valence-electron chi connectivity index (χ2n) is 12.3. The average molecular weight is 640 g/mol. The van der Waals surface area contributed by atoms with Gasteiger partial charge >= 0.3 is 0 Å². The number of thiazole rings is 1. The van der Waals surface area contributed by atoms with Gasteiger partial charge < -0.3 is 14.8 Å². The van der Waals surface area contributed by atoms with Crippen LogP contribution in [-0.4, -0.2) is 46.0 Å². The van der Waals surface area contributed by atoms with Crippen LogP contribution in [0.5, 0.6) is 10.9 Å². The van der Waals surface area contributed by atoms with Gasteiger partial charge in [-0.3, -0.25) is 9.10 Å². The molecule has 0 radical (unpaired) electrons. The number of sulfonamides is 1. The molecule has 1 atom stereocenters. The fourth-order valence-electron chi connectivity index (χ4n) is 6.76. The van der Waals surface area contributed by atoms with Gasteiger partial charge in [0, 0.05) is 19.2 Å². The Morgan fingerprint density at radius 3 is 2.43 bits per heavy atom. The molecule has 1 heterocycles. The van der Waals surface area contributed by atoms with Gasteiger partial charge in [-0.05, 0) is 98.6 Å². The van der Waals surface area contributed by atoms with Gasteiger partial charge in [0.15, 0.2) is 5.37 Å². The van der Waals surface area contributed by atoms with Crippen LogP contribution in [0.1, 0.15) is 81.3 Å². The summed E-state index contributed by atoms with van der Waals surface area (Å²) < 4.78 is 40.6. The number of anilines is 1. The van der Waals surface area contributed by atoms with Gasteiger partial charge in [0.1, 0.15) is 5.75 Å². The van der Waals surface area contributed by atoms with Gasteiger partial charge in [-0.25, -0.2) is 13.4 Å². The SMILES string of the molecule is COc1ncc(-c2cccc(N(C)S(=O)(=O)C(CC3CCC(c4ccc(OC)c(C)c4)CC3)NC(=O)C3CCCCC3)c2)s1. The molecule has 8 nitrogen and oxygen atoms in total. The number of nitrogens with one attached hydrogen (secondary N) is 1. The van der Waals surface area contributed by atoms with Crippen LogP contribution in [-0.2, 0) is 14.8 Å². The molecular formula is C34H45N3O5S2. The highest BCUT2D eigenvalue weighted by atomic mass is 32.2. The molecule has 0 saturated heterocycles. The number of aryl methyl sites for hydroxylation is 1. The maximum Gasteiger partial charge on any atom is 0.273 e. The highest BCUT2D eigenvalue weighted by Crippen LogP contribution is 2.40. The third-order valence-electron chi connectivity index (χ3n) is 9.46. The molecule has 2 saturated carbocycles. The molecule has 2 aliphatic rings. The normalized spacial score (nSPS) is 20.1. The van der Waals surface area contributed by atoms with Crippen LogP contribution in [0.25, 0.3) is 10.4 Å². The predicted octanol–water partition coefficient (Wildman–Crippen LogP) is 7.29. The van der Waals surface area contributed by atoms with E-state index in [4.69, 9.17) is 9.47 Å². The van der Waals surface area contributed by atoms with E-state index in [1.165, 1.54) is 21.2 Å². The van der Waals surface area contributed by atoms with E-state index in [1.54, 1.807) is 33.5 Å². The zero-order valence-corrected chi connectivity index (χ0v) is 27.9. The Morgan fingerprint density at radius 2 is 1.77 bits per heavy atom. The molecule has 3 aromatic rings. The summed E-state index contributed by atoms with van der Waals surface area (Å²) in [5.41, 5.74) is 3.85. The molecule has 10 heteroatoms. The summed E-state index contributed by atoms with van der Waals surface area (Å²) >= 11 is 1.40. The van der Waals surface area contributed by atoms with E-state index in [9.17, 15) is 13.2 Å².